The molecule has 0 saturated heterocycles. The van der Waals surface area contributed by atoms with E-state index in [9.17, 15) is 0 Å². The van der Waals surface area contributed by atoms with Gasteiger partial charge in [-0.3, -0.25) is 0 Å². The highest BCUT2D eigenvalue weighted by Crippen LogP contribution is 2.20. The molecule has 2 heterocycles. The van der Waals surface area contributed by atoms with E-state index in [2.05, 4.69) is 29.0 Å². The number of fused-ring (bicyclic) bond motifs is 1. The van der Waals surface area contributed by atoms with Gasteiger partial charge in [-0.1, -0.05) is 13.8 Å². The Bertz CT molecular complexity index is 418. The van der Waals surface area contributed by atoms with Crippen LogP contribution in [0, 0.1) is 0 Å². The molecule has 13 heavy (non-hydrogen) atoms. The van der Waals surface area contributed by atoms with Crippen LogP contribution in [0.1, 0.15) is 25.3 Å². The predicted octanol–water partition coefficient (Wildman–Crippen LogP) is 2.15. The Hall–Kier alpha value is -1.51. The fourth-order valence-electron chi connectivity index (χ4n) is 1.38. The highest BCUT2D eigenvalue weighted by molar-refractivity contribution is 5.77. The predicted molar refractivity (Wildman–Crippen MR) is 51.4 cm³/mol. The van der Waals surface area contributed by atoms with E-state index < -0.39 is 0 Å². The Kier molecular flexibility index (Phi) is 1.93. The lowest BCUT2D eigenvalue weighted by atomic mass is 10.0. The maximum Gasteiger partial charge on any atom is 0.182 e. The van der Waals surface area contributed by atoms with Crippen LogP contribution >= 0.6 is 0 Å². The van der Waals surface area contributed by atoms with Crippen LogP contribution in [0.25, 0.3) is 11.0 Å². The summed E-state index contributed by atoms with van der Waals surface area (Å²) in [6.07, 6.45) is 3.55. The van der Waals surface area contributed by atoms with E-state index in [-0.39, 0.29) is 0 Å². The van der Waals surface area contributed by atoms with E-state index >= 15 is 0 Å². The monoisotopic (exact) mass is 173 g/mol. The molecule has 0 radical (unpaired) electrons. The number of hydrogen-bond donors (Lipinski definition) is 0. The second-order valence-electron chi connectivity index (χ2n) is 3.33. The third-order valence-corrected chi connectivity index (χ3v) is 2.07. The van der Waals surface area contributed by atoms with Gasteiger partial charge in [0.05, 0.1) is 6.20 Å². The van der Waals surface area contributed by atoms with Crippen molar-refractivity contribution >= 4 is 11.0 Å². The smallest absolute Gasteiger partial charge is 0.182 e. The minimum absolute atomic E-state index is 0.460. The van der Waals surface area contributed by atoms with Crippen molar-refractivity contribution in [1.29, 1.82) is 0 Å². The lowest BCUT2D eigenvalue weighted by Crippen LogP contribution is -1.95. The molecule has 3 nitrogen and oxygen atoms in total. The Morgan fingerprint density at radius 3 is 2.92 bits per heavy atom. The summed E-state index contributed by atoms with van der Waals surface area (Å²) in [5.41, 5.74) is 1.94. The van der Waals surface area contributed by atoms with Gasteiger partial charge in [0.15, 0.2) is 5.65 Å². The van der Waals surface area contributed by atoms with Gasteiger partial charge in [-0.15, -0.1) is 5.10 Å². The van der Waals surface area contributed by atoms with Gasteiger partial charge in [-0.2, -0.15) is 5.10 Å². The van der Waals surface area contributed by atoms with Crippen LogP contribution in [0.5, 0.6) is 0 Å². The molecule has 0 atom stereocenters. The molecule has 2 aromatic heterocycles. The van der Waals surface area contributed by atoms with Crippen molar-refractivity contribution in [2.24, 2.45) is 0 Å². The molecule has 3 heteroatoms. The molecule has 0 aliphatic heterocycles. The summed E-state index contributed by atoms with van der Waals surface area (Å²) in [5.74, 6) is 0.460. The van der Waals surface area contributed by atoms with Crippen molar-refractivity contribution in [3.8, 4) is 0 Å². The van der Waals surface area contributed by atoms with Crippen LogP contribution in [0.15, 0.2) is 24.5 Å². The maximum absolute atomic E-state index is 4.15. The first-order chi connectivity index (χ1) is 6.29. The average Bonchev–Trinajstić information content (AvgIpc) is 2.17. The highest BCUT2D eigenvalue weighted by Gasteiger charge is 2.05. The first-order valence-corrected chi connectivity index (χ1v) is 4.35. The summed E-state index contributed by atoms with van der Waals surface area (Å²) >= 11 is 0. The molecule has 0 fully saturated rings. The number of hydrogen-bond acceptors (Lipinski definition) is 3. The van der Waals surface area contributed by atoms with Gasteiger partial charge in [0.2, 0.25) is 0 Å². The molecule has 2 rings (SSSR count). The van der Waals surface area contributed by atoms with Crippen molar-refractivity contribution in [2.75, 3.05) is 0 Å². The Morgan fingerprint density at radius 2 is 2.15 bits per heavy atom. The summed E-state index contributed by atoms with van der Waals surface area (Å²) < 4.78 is 0. The van der Waals surface area contributed by atoms with Gasteiger partial charge in [0.1, 0.15) is 0 Å². The number of rotatable bonds is 1. The Morgan fingerprint density at radius 1 is 1.31 bits per heavy atom. The first-order valence-electron chi connectivity index (χ1n) is 4.35. The van der Waals surface area contributed by atoms with Crippen molar-refractivity contribution in [2.45, 2.75) is 19.8 Å². The molecule has 0 aliphatic rings. The fraction of sp³-hybridized carbons (Fsp3) is 0.300. The molecule has 2 aromatic rings. The molecule has 0 amide bonds. The zero-order valence-corrected chi connectivity index (χ0v) is 7.73. The van der Waals surface area contributed by atoms with Crippen LogP contribution in [0.3, 0.4) is 0 Å². The zero-order chi connectivity index (χ0) is 9.26. The van der Waals surface area contributed by atoms with Crippen molar-refractivity contribution in [3.05, 3.63) is 30.1 Å². The minimum atomic E-state index is 0.460. The maximum atomic E-state index is 4.15. The van der Waals surface area contributed by atoms with Gasteiger partial charge >= 0.3 is 0 Å². The number of nitrogens with zero attached hydrogens (tertiary/aromatic N) is 3. The fourth-order valence-corrected chi connectivity index (χ4v) is 1.38. The average molecular weight is 173 g/mol. The molecule has 0 aliphatic carbocycles. The summed E-state index contributed by atoms with van der Waals surface area (Å²) in [5, 5.41) is 8.99. The van der Waals surface area contributed by atoms with E-state index in [1.165, 1.54) is 5.56 Å². The quantitative estimate of drug-likeness (QED) is 0.663. The summed E-state index contributed by atoms with van der Waals surface area (Å²) in [6, 6.07) is 3.96. The molecule has 0 saturated carbocycles. The van der Waals surface area contributed by atoms with Crippen molar-refractivity contribution in [3.63, 3.8) is 0 Å². The van der Waals surface area contributed by atoms with Gasteiger partial charge < -0.3 is 0 Å². The van der Waals surface area contributed by atoms with Crippen LogP contribution < -0.4 is 0 Å². The summed E-state index contributed by atoms with van der Waals surface area (Å²) in [7, 11) is 0. The van der Waals surface area contributed by atoms with Crippen LogP contribution in [0.4, 0.5) is 0 Å². The van der Waals surface area contributed by atoms with Gasteiger partial charge in [-0.25, -0.2) is 4.98 Å². The van der Waals surface area contributed by atoms with Crippen LogP contribution in [-0.4, -0.2) is 15.2 Å². The minimum Gasteiger partial charge on any atom is -0.235 e. The second-order valence-corrected chi connectivity index (χ2v) is 3.33. The molecule has 66 valence electrons. The molecule has 0 aromatic carbocycles. The molecule has 0 unspecified atom stereocenters. The van der Waals surface area contributed by atoms with E-state index in [4.69, 9.17) is 0 Å². The van der Waals surface area contributed by atoms with Crippen LogP contribution in [0.2, 0.25) is 0 Å². The highest BCUT2D eigenvalue weighted by atomic mass is 15.1. The van der Waals surface area contributed by atoms with Gasteiger partial charge in [0.25, 0.3) is 0 Å². The van der Waals surface area contributed by atoms with E-state index in [0.717, 1.165) is 11.0 Å². The Labute approximate surface area is 76.8 Å². The molecular formula is C10H11N3. The van der Waals surface area contributed by atoms with Crippen molar-refractivity contribution < 1.29 is 0 Å². The lowest BCUT2D eigenvalue weighted by molar-refractivity contribution is 0.855. The third-order valence-electron chi connectivity index (χ3n) is 2.07. The largest absolute Gasteiger partial charge is 0.235 e. The van der Waals surface area contributed by atoms with E-state index in [0.29, 0.717) is 5.92 Å². The number of pyridine rings is 1. The standard InChI is InChI=1S/C10H11N3/c1-7(2)9-6-12-13-10-8(9)4-3-5-11-10/h3-7H,1-2H3. The second kappa shape index (κ2) is 3.09. The lowest BCUT2D eigenvalue weighted by Gasteiger charge is -2.06. The molecule has 0 spiro atoms. The summed E-state index contributed by atoms with van der Waals surface area (Å²) in [4.78, 5) is 4.15. The van der Waals surface area contributed by atoms with Gasteiger partial charge in [0, 0.05) is 11.6 Å². The molecule has 0 bridgehead atoms. The third kappa shape index (κ3) is 1.37. The summed E-state index contributed by atoms with van der Waals surface area (Å²) in [6.45, 7) is 4.28. The first kappa shape index (κ1) is 8.10. The normalized spacial score (nSPS) is 11.0. The van der Waals surface area contributed by atoms with Crippen molar-refractivity contribution in [1.82, 2.24) is 15.2 Å². The van der Waals surface area contributed by atoms with E-state index in [1.54, 1.807) is 6.20 Å². The SMILES string of the molecule is CC(C)c1cnnc2ncccc12. The molecular weight excluding hydrogens is 162 g/mol. The Balaban J connectivity index is 2.76. The van der Waals surface area contributed by atoms with Crippen LogP contribution in [-0.2, 0) is 0 Å². The molecule has 0 N–H and O–H groups in total. The van der Waals surface area contributed by atoms with E-state index in [1.807, 2.05) is 18.3 Å². The van der Waals surface area contributed by atoms with Gasteiger partial charge in [-0.05, 0) is 23.6 Å². The topological polar surface area (TPSA) is 38.7 Å². The number of aromatic nitrogens is 3. The zero-order valence-electron chi connectivity index (χ0n) is 7.73.